The van der Waals surface area contributed by atoms with E-state index in [1.807, 2.05) is 19.9 Å². The van der Waals surface area contributed by atoms with Gasteiger partial charge in [0.15, 0.2) is 11.5 Å². The van der Waals surface area contributed by atoms with Gasteiger partial charge in [-0.05, 0) is 25.5 Å². The van der Waals surface area contributed by atoms with Crippen LogP contribution in [0.15, 0.2) is 6.07 Å². The van der Waals surface area contributed by atoms with Crippen molar-refractivity contribution in [2.75, 3.05) is 34.5 Å². The van der Waals surface area contributed by atoms with E-state index in [1.54, 1.807) is 21.3 Å². The molecular formula is C16H26N2O4. The van der Waals surface area contributed by atoms with Gasteiger partial charge >= 0.3 is 0 Å². The van der Waals surface area contributed by atoms with E-state index >= 15 is 0 Å². The summed E-state index contributed by atoms with van der Waals surface area (Å²) in [6.45, 7) is 5.17. The Morgan fingerprint density at radius 3 is 2.32 bits per heavy atom. The largest absolute Gasteiger partial charge is 0.493 e. The van der Waals surface area contributed by atoms with Crippen molar-refractivity contribution in [2.45, 2.75) is 32.0 Å². The quantitative estimate of drug-likeness (QED) is 0.825. The van der Waals surface area contributed by atoms with E-state index in [1.165, 1.54) is 0 Å². The van der Waals surface area contributed by atoms with E-state index in [4.69, 9.17) is 19.9 Å². The zero-order valence-corrected chi connectivity index (χ0v) is 14.0. The van der Waals surface area contributed by atoms with Gasteiger partial charge in [-0.25, -0.2) is 0 Å². The van der Waals surface area contributed by atoms with Crippen molar-refractivity contribution in [1.29, 1.82) is 0 Å². The molecule has 0 aliphatic carbocycles. The molecule has 0 radical (unpaired) electrons. The number of benzene rings is 1. The second-order valence-electron chi connectivity index (χ2n) is 6.07. The van der Waals surface area contributed by atoms with Gasteiger partial charge in [0.2, 0.25) is 5.75 Å². The molecule has 1 aliphatic rings. The summed E-state index contributed by atoms with van der Waals surface area (Å²) in [6.07, 6.45) is 0. The maximum atomic E-state index is 9.71. The summed E-state index contributed by atoms with van der Waals surface area (Å²) in [5.74, 6) is 1.87. The summed E-state index contributed by atoms with van der Waals surface area (Å²) in [5, 5.41) is 9.71. The number of nitrogens with zero attached hydrogens (tertiary/aromatic N) is 1. The highest BCUT2D eigenvalue weighted by Gasteiger charge is 2.41. The summed E-state index contributed by atoms with van der Waals surface area (Å²) in [4.78, 5) is 2.19. The van der Waals surface area contributed by atoms with Gasteiger partial charge in [-0.3, -0.25) is 4.90 Å². The first-order valence-electron chi connectivity index (χ1n) is 7.34. The molecule has 1 atom stereocenters. The number of hydrogen-bond acceptors (Lipinski definition) is 6. The molecule has 0 fully saturated rings. The van der Waals surface area contributed by atoms with Crippen LogP contribution in [0.2, 0.25) is 0 Å². The van der Waals surface area contributed by atoms with E-state index in [-0.39, 0.29) is 18.2 Å². The van der Waals surface area contributed by atoms with E-state index < -0.39 is 0 Å². The molecule has 1 aromatic carbocycles. The molecule has 0 amide bonds. The maximum absolute atomic E-state index is 9.71. The van der Waals surface area contributed by atoms with Crippen LogP contribution in [-0.2, 0) is 6.54 Å². The molecule has 1 aliphatic heterocycles. The van der Waals surface area contributed by atoms with Crippen molar-refractivity contribution in [1.82, 2.24) is 4.90 Å². The standard InChI is InChI=1S/C16H26N2O4/c1-16(2,9-19)18-8-10-6-12(20-3)14(21-4)15(22-5)13(10)11(18)7-17/h6,11,19H,7-9,17H2,1-5H3. The third-order valence-electron chi connectivity index (χ3n) is 4.39. The van der Waals surface area contributed by atoms with Gasteiger partial charge in [0, 0.05) is 24.2 Å². The van der Waals surface area contributed by atoms with Gasteiger partial charge in [-0.2, -0.15) is 0 Å². The highest BCUT2D eigenvalue weighted by atomic mass is 16.5. The molecule has 0 bridgehead atoms. The minimum Gasteiger partial charge on any atom is -0.493 e. The molecule has 1 aromatic rings. The van der Waals surface area contributed by atoms with E-state index in [0.717, 1.165) is 11.1 Å². The fourth-order valence-electron chi connectivity index (χ4n) is 3.15. The van der Waals surface area contributed by atoms with Crippen molar-refractivity contribution < 1.29 is 19.3 Å². The van der Waals surface area contributed by atoms with Crippen molar-refractivity contribution in [3.8, 4) is 17.2 Å². The first-order valence-corrected chi connectivity index (χ1v) is 7.34. The Hall–Kier alpha value is -1.50. The minimum absolute atomic E-state index is 0.0353. The Balaban J connectivity index is 2.61. The second-order valence-corrected chi connectivity index (χ2v) is 6.07. The van der Waals surface area contributed by atoms with Crippen molar-refractivity contribution in [3.05, 3.63) is 17.2 Å². The smallest absolute Gasteiger partial charge is 0.203 e. The third kappa shape index (κ3) is 2.51. The lowest BCUT2D eigenvalue weighted by Crippen LogP contribution is -2.47. The zero-order valence-electron chi connectivity index (χ0n) is 14.0. The van der Waals surface area contributed by atoms with Crippen LogP contribution in [-0.4, -0.2) is 50.0 Å². The predicted octanol–water partition coefficient (Wildman–Crippen LogP) is 1.30. The van der Waals surface area contributed by atoms with Crippen LogP contribution in [0.4, 0.5) is 0 Å². The number of aliphatic hydroxyl groups is 1. The lowest BCUT2D eigenvalue weighted by atomic mass is 9.99. The summed E-state index contributed by atoms with van der Waals surface area (Å²) in [7, 11) is 4.81. The zero-order chi connectivity index (χ0) is 16.5. The first-order chi connectivity index (χ1) is 10.4. The Bertz CT molecular complexity index is 545. The van der Waals surface area contributed by atoms with Crippen molar-refractivity contribution in [2.24, 2.45) is 5.73 Å². The molecule has 6 nitrogen and oxygen atoms in total. The molecule has 0 saturated heterocycles. The Morgan fingerprint density at radius 1 is 1.23 bits per heavy atom. The highest BCUT2D eigenvalue weighted by Crippen LogP contribution is 2.50. The van der Waals surface area contributed by atoms with E-state index in [0.29, 0.717) is 30.3 Å². The lowest BCUT2D eigenvalue weighted by Gasteiger charge is -2.38. The average Bonchev–Trinajstić information content (AvgIpc) is 2.91. The lowest BCUT2D eigenvalue weighted by molar-refractivity contribution is 0.0288. The van der Waals surface area contributed by atoms with Gasteiger partial charge < -0.3 is 25.1 Å². The average molecular weight is 310 g/mol. The number of hydrogen-bond donors (Lipinski definition) is 2. The number of nitrogens with two attached hydrogens (primary N) is 1. The van der Waals surface area contributed by atoms with Crippen molar-refractivity contribution in [3.63, 3.8) is 0 Å². The number of rotatable bonds is 6. The molecule has 1 unspecified atom stereocenters. The van der Waals surface area contributed by atoms with Crippen LogP contribution in [0, 0.1) is 0 Å². The van der Waals surface area contributed by atoms with Crippen LogP contribution in [0.3, 0.4) is 0 Å². The summed E-state index contributed by atoms with van der Waals surface area (Å²) in [6, 6.07) is 1.93. The van der Waals surface area contributed by atoms with Crippen LogP contribution < -0.4 is 19.9 Å². The molecule has 1 heterocycles. The fourth-order valence-corrected chi connectivity index (χ4v) is 3.15. The van der Waals surface area contributed by atoms with E-state index in [9.17, 15) is 5.11 Å². The number of aliphatic hydroxyl groups excluding tert-OH is 1. The third-order valence-corrected chi connectivity index (χ3v) is 4.39. The Labute approximate surface area is 131 Å². The monoisotopic (exact) mass is 310 g/mol. The van der Waals surface area contributed by atoms with Crippen LogP contribution in [0.1, 0.15) is 31.0 Å². The number of methoxy groups -OCH3 is 3. The van der Waals surface area contributed by atoms with Gasteiger partial charge in [-0.1, -0.05) is 0 Å². The topological polar surface area (TPSA) is 77.2 Å². The minimum atomic E-state index is -0.380. The normalized spacial score (nSPS) is 18.2. The summed E-state index contributed by atoms with van der Waals surface area (Å²) >= 11 is 0. The number of ether oxygens (including phenoxy) is 3. The fraction of sp³-hybridized carbons (Fsp3) is 0.625. The predicted molar refractivity (Wildman–Crippen MR) is 84.6 cm³/mol. The maximum Gasteiger partial charge on any atom is 0.203 e. The van der Waals surface area contributed by atoms with Crippen LogP contribution in [0.25, 0.3) is 0 Å². The molecular weight excluding hydrogens is 284 g/mol. The molecule has 3 N–H and O–H groups in total. The van der Waals surface area contributed by atoms with E-state index in [2.05, 4.69) is 4.90 Å². The Kier molecular flexibility index (Phi) is 4.84. The first kappa shape index (κ1) is 16.9. The molecule has 0 saturated carbocycles. The second kappa shape index (κ2) is 6.32. The molecule has 0 spiro atoms. The molecule has 22 heavy (non-hydrogen) atoms. The number of fused-ring (bicyclic) bond motifs is 1. The van der Waals surface area contributed by atoms with Gasteiger partial charge in [0.25, 0.3) is 0 Å². The van der Waals surface area contributed by atoms with Crippen molar-refractivity contribution >= 4 is 0 Å². The summed E-state index contributed by atoms with van der Waals surface area (Å²) in [5.41, 5.74) is 7.75. The summed E-state index contributed by atoms with van der Waals surface area (Å²) < 4.78 is 16.5. The van der Waals surface area contributed by atoms with Gasteiger partial charge in [0.05, 0.1) is 34.0 Å². The SMILES string of the molecule is COc1cc2c(c(OC)c1OC)C(CN)N(C(C)(C)CO)C2. The van der Waals surface area contributed by atoms with Crippen LogP contribution >= 0.6 is 0 Å². The van der Waals surface area contributed by atoms with Gasteiger partial charge in [0.1, 0.15) is 0 Å². The molecule has 0 aromatic heterocycles. The molecule has 124 valence electrons. The van der Waals surface area contributed by atoms with Gasteiger partial charge in [-0.15, -0.1) is 0 Å². The molecule has 6 heteroatoms. The highest BCUT2D eigenvalue weighted by molar-refractivity contribution is 5.61. The molecule has 2 rings (SSSR count). The Morgan fingerprint density at radius 2 is 1.86 bits per heavy atom. The van der Waals surface area contributed by atoms with Crippen LogP contribution in [0.5, 0.6) is 17.2 Å².